The topological polar surface area (TPSA) is 59.6 Å². The zero-order valence-electron chi connectivity index (χ0n) is 15.7. The number of amides is 1. The minimum absolute atomic E-state index is 0.0456. The lowest BCUT2D eigenvalue weighted by Gasteiger charge is -2.15. The van der Waals surface area contributed by atoms with Gasteiger partial charge in [0, 0.05) is 5.69 Å². The number of para-hydroxylation sites is 2. The second kappa shape index (κ2) is 10.3. The number of carbonyl (C=O) groups is 1. The zero-order valence-corrected chi connectivity index (χ0v) is 15.7. The fourth-order valence-electron chi connectivity index (χ4n) is 2.31. The Labute approximate surface area is 155 Å². The van der Waals surface area contributed by atoms with E-state index in [9.17, 15) is 4.79 Å². The van der Waals surface area contributed by atoms with Gasteiger partial charge >= 0.3 is 0 Å². The van der Waals surface area contributed by atoms with E-state index in [0.717, 1.165) is 30.9 Å². The van der Waals surface area contributed by atoms with Crippen molar-refractivity contribution in [2.24, 2.45) is 0 Å². The van der Waals surface area contributed by atoms with Crippen LogP contribution in [0.3, 0.4) is 0 Å². The molecule has 2 rings (SSSR count). The molecule has 0 bridgehead atoms. The lowest BCUT2D eigenvalue weighted by Crippen LogP contribution is -2.22. The summed E-state index contributed by atoms with van der Waals surface area (Å²) in [7, 11) is 0. The molecule has 1 amide bonds. The SMILES string of the molecule is CCCCOc1ccc(NCC(=O)Nc2ccccc2OC(C)C)cc1. The Balaban J connectivity index is 1.83. The van der Waals surface area contributed by atoms with Crippen molar-refractivity contribution in [2.45, 2.75) is 39.7 Å². The van der Waals surface area contributed by atoms with E-state index in [2.05, 4.69) is 17.6 Å². The zero-order chi connectivity index (χ0) is 18.8. The van der Waals surface area contributed by atoms with E-state index in [1.807, 2.05) is 62.4 Å². The summed E-state index contributed by atoms with van der Waals surface area (Å²) < 4.78 is 11.3. The molecule has 0 aliphatic carbocycles. The first-order valence-corrected chi connectivity index (χ1v) is 9.10. The van der Waals surface area contributed by atoms with E-state index in [1.165, 1.54) is 0 Å². The lowest BCUT2D eigenvalue weighted by molar-refractivity contribution is -0.114. The Morgan fingerprint density at radius 2 is 1.81 bits per heavy atom. The molecule has 0 saturated heterocycles. The van der Waals surface area contributed by atoms with E-state index in [0.29, 0.717) is 11.4 Å². The molecule has 0 atom stereocenters. The predicted octanol–water partition coefficient (Wildman–Crippen LogP) is 4.70. The third-order valence-electron chi connectivity index (χ3n) is 3.60. The molecule has 140 valence electrons. The molecule has 2 aromatic rings. The summed E-state index contributed by atoms with van der Waals surface area (Å²) in [4.78, 5) is 12.2. The molecule has 0 radical (unpaired) electrons. The van der Waals surface area contributed by atoms with Crippen LogP contribution < -0.4 is 20.1 Å². The molecule has 5 heteroatoms. The Morgan fingerprint density at radius 3 is 2.50 bits per heavy atom. The minimum atomic E-state index is -0.131. The van der Waals surface area contributed by atoms with Crippen LogP contribution >= 0.6 is 0 Å². The van der Waals surface area contributed by atoms with Gasteiger partial charge in [0.05, 0.1) is 24.9 Å². The maximum absolute atomic E-state index is 12.2. The molecule has 0 aliphatic rings. The number of rotatable bonds is 10. The van der Waals surface area contributed by atoms with Crippen LogP contribution in [0, 0.1) is 0 Å². The fraction of sp³-hybridized carbons (Fsp3) is 0.381. The van der Waals surface area contributed by atoms with Crippen molar-refractivity contribution in [1.82, 2.24) is 0 Å². The molecule has 0 aliphatic heterocycles. The highest BCUT2D eigenvalue weighted by Gasteiger charge is 2.08. The van der Waals surface area contributed by atoms with Crippen LogP contribution in [0.1, 0.15) is 33.6 Å². The van der Waals surface area contributed by atoms with Crippen LogP contribution in [0.2, 0.25) is 0 Å². The van der Waals surface area contributed by atoms with E-state index >= 15 is 0 Å². The largest absolute Gasteiger partial charge is 0.494 e. The van der Waals surface area contributed by atoms with Crippen LogP contribution in [0.4, 0.5) is 11.4 Å². The number of benzene rings is 2. The van der Waals surface area contributed by atoms with Crippen molar-refractivity contribution < 1.29 is 14.3 Å². The molecule has 0 fully saturated rings. The molecule has 0 aromatic heterocycles. The van der Waals surface area contributed by atoms with Gasteiger partial charge in [-0.3, -0.25) is 4.79 Å². The molecule has 0 saturated carbocycles. The first kappa shape index (κ1) is 19.6. The molecule has 0 unspecified atom stereocenters. The molecule has 0 spiro atoms. The van der Waals surface area contributed by atoms with Gasteiger partial charge in [0.2, 0.25) is 5.91 Å². The van der Waals surface area contributed by atoms with Crippen LogP contribution in [-0.2, 0) is 4.79 Å². The number of hydrogen-bond donors (Lipinski definition) is 2. The van der Waals surface area contributed by atoms with E-state index in [-0.39, 0.29) is 18.6 Å². The molecular weight excluding hydrogens is 328 g/mol. The average molecular weight is 356 g/mol. The van der Waals surface area contributed by atoms with Gasteiger partial charge < -0.3 is 20.1 Å². The van der Waals surface area contributed by atoms with Gasteiger partial charge in [0.25, 0.3) is 0 Å². The van der Waals surface area contributed by atoms with Gasteiger partial charge in [0.15, 0.2) is 0 Å². The normalized spacial score (nSPS) is 10.5. The summed E-state index contributed by atoms with van der Waals surface area (Å²) in [5.74, 6) is 1.38. The van der Waals surface area contributed by atoms with E-state index in [4.69, 9.17) is 9.47 Å². The Bertz CT molecular complexity index is 684. The highest BCUT2D eigenvalue weighted by atomic mass is 16.5. The second-order valence-corrected chi connectivity index (χ2v) is 6.29. The van der Waals surface area contributed by atoms with Crippen molar-refractivity contribution in [3.8, 4) is 11.5 Å². The quantitative estimate of drug-likeness (QED) is 0.606. The predicted molar refractivity (Wildman–Crippen MR) is 106 cm³/mol. The third kappa shape index (κ3) is 6.67. The Hall–Kier alpha value is -2.69. The van der Waals surface area contributed by atoms with Crippen molar-refractivity contribution in [3.63, 3.8) is 0 Å². The number of nitrogens with one attached hydrogen (secondary N) is 2. The van der Waals surface area contributed by atoms with Gasteiger partial charge in [-0.05, 0) is 56.7 Å². The maximum Gasteiger partial charge on any atom is 0.243 e. The van der Waals surface area contributed by atoms with Crippen molar-refractivity contribution in [3.05, 3.63) is 48.5 Å². The van der Waals surface area contributed by atoms with Crippen molar-refractivity contribution >= 4 is 17.3 Å². The number of anilines is 2. The van der Waals surface area contributed by atoms with Crippen molar-refractivity contribution in [1.29, 1.82) is 0 Å². The van der Waals surface area contributed by atoms with Crippen LogP contribution in [0.15, 0.2) is 48.5 Å². The fourth-order valence-corrected chi connectivity index (χ4v) is 2.31. The standard InChI is InChI=1S/C21H28N2O3/c1-4-5-14-25-18-12-10-17(11-13-18)22-15-21(24)23-19-8-6-7-9-20(19)26-16(2)3/h6-13,16,22H,4-5,14-15H2,1-3H3,(H,23,24). The van der Waals surface area contributed by atoms with Gasteiger partial charge in [-0.2, -0.15) is 0 Å². The first-order chi connectivity index (χ1) is 12.6. The van der Waals surface area contributed by atoms with Crippen LogP contribution in [0.25, 0.3) is 0 Å². The van der Waals surface area contributed by atoms with E-state index < -0.39 is 0 Å². The maximum atomic E-state index is 12.2. The molecular formula is C21H28N2O3. The highest BCUT2D eigenvalue weighted by Crippen LogP contribution is 2.24. The smallest absolute Gasteiger partial charge is 0.243 e. The number of carbonyl (C=O) groups excluding carboxylic acids is 1. The third-order valence-corrected chi connectivity index (χ3v) is 3.60. The Morgan fingerprint density at radius 1 is 1.08 bits per heavy atom. The van der Waals surface area contributed by atoms with Gasteiger partial charge in [-0.1, -0.05) is 25.5 Å². The van der Waals surface area contributed by atoms with Gasteiger partial charge in [-0.25, -0.2) is 0 Å². The highest BCUT2D eigenvalue weighted by molar-refractivity contribution is 5.95. The summed E-state index contributed by atoms with van der Waals surface area (Å²) in [6.07, 6.45) is 2.20. The molecule has 2 N–H and O–H groups in total. The number of hydrogen-bond acceptors (Lipinski definition) is 4. The van der Waals surface area contributed by atoms with Gasteiger partial charge in [-0.15, -0.1) is 0 Å². The first-order valence-electron chi connectivity index (χ1n) is 9.10. The van der Waals surface area contributed by atoms with Gasteiger partial charge in [0.1, 0.15) is 11.5 Å². The number of unbranched alkanes of at least 4 members (excludes halogenated alkanes) is 1. The lowest BCUT2D eigenvalue weighted by atomic mass is 10.2. The summed E-state index contributed by atoms with van der Waals surface area (Å²) in [6, 6.07) is 15.1. The summed E-state index contributed by atoms with van der Waals surface area (Å²) in [5.41, 5.74) is 1.54. The average Bonchev–Trinajstić information content (AvgIpc) is 2.62. The molecule has 5 nitrogen and oxygen atoms in total. The summed E-state index contributed by atoms with van der Waals surface area (Å²) in [5, 5.41) is 5.99. The van der Waals surface area contributed by atoms with Crippen molar-refractivity contribution in [2.75, 3.05) is 23.8 Å². The summed E-state index contributed by atoms with van der Waals surface area (Å²) >= 11 is 0. The molecule has 0 heterocycles. The second-order valence-electron chi connectivity index (χ2n) is 6.29. The van der Waals surface area contributed by atoms with Crippen LogP contribution in [0.5, 0.6) is 11.5 Å². The summed E-state index contributed by atoms with van der Waals surface area (Å²) in [6.45, 7) is 6.94. The van der Waals surface area contributed by atoms with E-state index in [1.54, 1.807) is 0 Å². The monoisotopic (exact) mass is 356 g/mol. The minimum Gasteiger partial charge on any atom is -0.494 e. The van der Waals surface area contributed by atoms with Crippen LogP contribution in [-0.4, -0.2) is 25.2 Å². The molecule has 26 heavy (non-hydrogen) atoms. The molecule has 2 aromatic carbocycles. The Kier molecular flexibility index (Phi) is 7.80. The number of ether oxygens (including phenoxy) is 2.